The minimum Gasteiger partial charge on any atom is -0.367 e. The van der Waals surface area contributed by atoms with Gasteiger partial charge in [-0.2, -0.15) is 0 Å². The lowest BCUT2D eigenvalue weighted by atomic mass is 10.1. The molecule has 1 aromatic heterocycles. The summed E-state index contributed by atoms with van der Waals surface area (Å²) in [4.78, 5) is 0. The molecule has 0 saturated heterocycles. The second-order valence-electron chi connectivity index (χ2n) is 5.58. The monoisotopic (exact) mass is 381 g/mol. The van der Waals surface area contributed by atoms with Crippen LogP contribution in [0.4, 0.5) is 8.78 Å². The summed E-state index contributed by atoms with van der Waals surface area (Å²) in [6.45, 7) is 0.494. The van der Waals surface area contributed by atoms with Crippen molar-refractivity contribution >= 4 is 23.2 Å². The average molecular weight is 382 g/mol. The number of rotatable bonds is 6. The van der Waals surface area contributed by atoms with Crippen molar-refractivity contribution in [2.45, 2.75) is 19.3 Å². The van der Waals surface area contributed by atoms with Crippen LogP contribution in [0.1, 0.15) is 17.2 Å². The molecule has 0 bridgehead atoms. The van der Waals surface area contributed by atoms with Crippen molar-refractivity contribution in [3.63, 3.8) is 0 Å². The number of halogens is 4. The standard InChI is InChI=1S/C19H15Cl2F2NO/c20-14-4-6-16(17(21)9-14)19(11-24-7-1-2-8-24)25-12-13-3-5-15(22)10-18(13)23/h1-10,19H,11-12H2. The number of hydrogen-bond acceptors (Lipinski definition) is 1. The highest BCUT2D eigenvalue weighted by molar-refractivity contribution is 6.35. The second kappa shape index (κ2) is 8.00. The van der Waals surface area contributed by atoms with E-state index in [1.165, 1.54) is 12.1 Å². The van der Waals surface area contributed by atoms with Gasteiger partial charge in [-0.3, -0.25) is 0 Å². The van der Waals surface area contributed by atoms with Crippen molar-refractivity contribution in [2.24, 2.45) is 0 Å². The van der Waals surface area contributed by atoms with E-state index in [1.807, 2.05) is 29.1 Å². The molecule has 0 amide bonds. The summed E-state index contributed by atoms with van der Waals surface area (Å²) in [7, 11) is 0. The maximum absolute atomic E-state index is 13.8. The van der Waals surface area contributed by atoms with Crippen molar-refractivity contribution in [2.75, 3.05) is 0 Å². The lowest BCUT2D eigenvalue weighted by Gasteiger charge is -2.21. The molecule has 0 aliphatic rings. The zero-order valence-corrected chi connectivity index (χ0v) is 14.6. The van der Waals surface area contributed by atoms with Crippen LogP contribution in [-0.4, -0.2) is 4.57 Å². The molecule has 0 spiro atoms. The summed E-state index contributed by atoms with van der Waals surface area (Å²) < 4.78 is 34.7. The topological polar surface area (TPSA) is 14.2 Å². The van der Waals surface area contributed by atoms with Gasteiger partial charge in [0.2, 0.25) is 0 Å². The summed E-state index contributed by atoms with van der Waals surface area (Å²) in [6, 6.07) is 12.4. The van der Waals surface area contributed by atoms with Gasteiger partial charge in [0.15, 0.2) is 0 Å². The Morgan fingerprint density at radius 1 is 1.00 bits per heavy atom. The molecular weight excluding hydrogens is 367 g/mol. The van der Waals surface area contributed by atoms with E-state index in [4.69, 9.17) is 27.9 Å². The largest absolute Gasteiger partial charge is 0.367 e. The molecule has 0 aliphatic carbocycles. The van der Waals surface area contributed by atoms with Crippen LogP contribution in [0.5, 0.6) is 0 Å². The Kier molecular flexibility index (Phi) is 5.74. The summed E-state index contributed by atoms with van der Waals surface area (Å²) in [6.07, 6.45) is 3.39. The Balaban J connectivity index is 1.83. The number of aromatic nitrogens is 1. The molecular formula is C19H15Cl2F2NO. The van der Waals surface area contributed by atoms with Gasteiger partial charge >= 0.3 is 0 Å². The van der Waals surface area contributed by atoms with E-state index in [0.717, 1.165) is 11.6 Å². The first kappa shape index (κ1) is 17.9. The highest BCUT2D eigenvalue weighted by Crippen LogP contribution is 2.30. The predicted molar refractivity (Wildman–Crippen MR) is 94.8 cm³/mol. The highest BCUT2D eigenvalue weighted by atomic mass is 35.5. The zero-order chi connectivity index (χ0) is 17.8. The van der Waals surface area contributed by atoms with Gasteiger partial charge in [-0.1, -0.05) is 35.3 Å². The summed E-state index contributed by atoms with van der Waals surface area (Å²) in [5, 5.41) is 1.00. The molecule has 1 heterocycles. The number of nitrogens with zero attached hydrogens (tertiary/aromatic N) is 1. The number of benzene rings is 2. The summed E-state index contributed by atoms with van der Waals surface area (Å²) in [5.74, 6) is -1.26. The molecule has 1 atom stereocenters. The summed E-state index contributed by atoms with van der Waals surface area (Å²) >= 11 is 12.3. The van der Waals surface area contributed by atoms with Crippen molar-refractivity contribution in [1.82, 2.24) is 4.57 Å². The number of hydrogen-bond donors (Lipinski definition) is 0. The molecule has 6 heteroatoms. The third-order valence-corrected chi connectivity index (χ3v) is 4.37. The van der Waals surface area contributed by atoms with Crippen LogP contribution < -0.4 is 0 Å². The molecule has 0 aliphatic heterocycles. The molecule has 3 rings (SSSR count). The Bertz CT molecular complexity index is 853. The molecule has 0 N–H and O–H groups in total. The van der Waals surface area contributed by atoms with Crippen molar-refractivity contribution in [3.8, 4) is 0 Å². The van der Waals surface area contributed by atoms with Crippen LogP contribution >= 0.6 is 23.2 Å². The van der Waals surface area contributed by atoms with E-state index in [1.54, 1.807) is 18.2 Å². The van der Waals surface area contributed by atoms with Crippen molar-refractivity contribution in [3.05, 3.63) is 93.7 Å². The molecule has 0 saturated carbocycles. The van der Waals surface area contributed by atoms with E-state index >= 15 is 0 Å². The van der Waals surface area contributed by atoms with Gasteiger partial charge < -0.3 is 9.30 Å². The smallest absolute Gasteiger partial charge is 0.131 e. The minimum atomic E-state index is -0.637. The third kappa shape index (κ3) is 4.60. The Morgan fingerprint density at radius 2 is 1.76 bits per heavy atom. The van der Waals surface area contributed by atoms with Crippen LogP contribution in [0.3, 0.4) is 0 Å². The first-order valence-corrected chi connectivity index (χ1v) is 8.40. The average Bonchev–Trinajstić information content (AvgIpc) is 3.06. The zero-order valence-electron chi connectivity index (χ0n) is 13.1. The van der Waals surface area contributed by atoms with Crippen LogP contribution in [0.2, 0.25) is 10.0 Å². The van der Waals surface area contributed by atoms with E-state index in [0.29, 0.717) is 16.6 Å². The lowest BCUT2D eigenvalue weighted by Crippen LogP contribution is -2.13. The van der Waals surface area contributed by atoms with Gasteiger partial charge in [0, 0.05) is 39.6 Å². The van der Waals surface area contributed by atoms with Gasteiger partial charge in [-0.15, -0.1) is 0 Å². The fourth-order valence-electron chi connectivity index (χ4n) is 2.52. The fraction of sp³-hybridized carbons (Fsp3) is 0.158. The molecule has 130 valence electrons. The molecule has 0 radical (unpaired) electrons. The Morgan fingerprint density at radius 3 is 2.44 bits per heavy atom. The molecule has 3 aromatic rings. The SMILES string of the molecule is Fc1ccc(COC(Cn2cccc2)c2ccc(Cl)cc2Cl)c(F)c1. The predicted octanol–water partition coefficient (Wildman–Crippen LogP) is 6.03. The third-order valence-electron chi connectivity index (χ3n) is 3.81. The molecule has 2 nitrogen and oxygen atoms in total. The van der Waals surface area contributed by atoms with E-state index in [2.05, 4.69) is 0 Å². The van der Waals surface area contributed by atoms with Crippen LogP contribution in [0, 0.1) is 11.6 Å². The molecule has 0 fully saturated rings. The molecule has 2 aromatic carbocycles. The van der Waals surface area contributed by atoms with Gasteiger partial charge in [0.1, 0.15) is 17.7 Å². The van der Waals surface area contributed by atoms with E-state index in [-0.39, 0.29) is 12.2 Å². The summed E-state index contributed by atoms with van der Waals surface area (Å²) in [5.41, 5.74) is 1.03. The molecule has 25 heavy (non-hydrogen) atoms. The van der Waals surface area contributed by atoms with Gasteiger partial charge in [0.05, 0.1) is 13.2 Å². The van der Waals surface area contributed by atoms with Crippen molar-refractivity contribution in [1.29, 1.82) is 0 Å². The van der Waals surface area contributed by atoms with Crippen LogP contribution in [0.15, 0.2) is 60.9 Å². The van der Waals surface area contributed by atoms with Crippen molar-refractivity contribution < 1.29 is 13.5 Å². The minimum absolute atomic E-state index is 0.00297. The van der Waals surface area contributed by atoms with Crippen LogP contribution in [0.25, 0.3) is 0 Å². The maximum atomic E-state index is 13.8. The van der Waals surface area contributed by atoms with Crippen LogP contribution in [-0.2, 0) is 17.9 Å². The maximum Gasteiger partial charge on any atom is 0.131 e. The lowest BCUT2D eigenvalue weighted by molar-refractivity contribution is 0.0266. The normalized spacial score (nSPS) is 12.3. The second-order valence-corrected chi connectivity index (χ2v) is 6.42. The van der Waals surface area contributed by atoms with E-state index in [9.17, 15) is 8.78 Å². The quantitative estimate of drug-likeness (QED) is 0.508. The highest BCUT2D eigenvalue weighted by Gasteiger charge is 2.17. The number of ether oxygens (including phenoxy) is 1. The van der Waals surface area contributed by atoms with Gasteiger partial charge in [-0.25, -0.2) is 8.78 Å². The Hall–Kier alpha value is -1.88. The molecule has 1 unspecified atom stereocenters. The van der Waals surface area contributed by atoms with Gasteiger partial charge in [0.25, 0.3) is 0 Å². The van der Waals surface area contributed by atoms with E-state index < -0.39 is 17.7 Å². The first-order valence-electron chi connectivity index (χ1n) is 7.64. The van der Waals surface area contributed by atoms with Gasteiger partial charge in [-0.05, 0) is 30.3 Å². The fourth-order valence-corrected chi connectivity index (χ4v) is 3.05. The Labute approximate surface area is 154 Å². The first-order chi connectivity index (χ1) is 12.0.